The highest BCUT2D eigenvalue weighted by molar-refractivity contribution is 5.89. The molecule has 8 nitrogen and oxygen atoms in total. The molecule has 0 saturated heterocycles. The van der Waals surface area contributed by atoms with Gasteiger partial charge in [-0.15, -0.1) is 0 Å². The number of hydrogen-bond acceptors (Lipinski definition) is 5. The van der Waals surface area contributed by atoms with Crippen LogP contribution >= 0.6 is 0 Å². The average Bonchev–Trinajstić information content (AvgIpc) is 3.16. The number of rotatable bonds is 10. The van der Waals surface area contributed by atoms with Crippen LogP contribution in [-0.2, 0) is 14.3 Å². The predicted octanol–water partition coefficient (Wildman–Crippen LogP) is 3.91. The van der Waals surface area contributed by atoms with Gasteiger partial charge in [0.25, 0.3) is 0 Å². The summed E-state index contributed by atoms with van der Waals surface area (Å²) in [4.78, 5) is 38.0. The summed E-state index contributed by atoms with van der Waals surface area (Å²) >= 11 is 0. The molecule has 1 aliphatic rings. The number of benzene rings is 2. The number of unbranched alkanes of at least 4 members (excludes halogenated alkanes) is 2. The molecule has 34 heavy (non-hydrogen) atoms. The molecule has 0 aromatic heterocycles. The van der Waals surface area contributed by atoms with Crippen molar-refractivity contribution in [2.24, 2.45) is 0 Å². The lowest BCUT2D eigenvalue weighted by Crippen LogP contribution is -2.51. The fourth-order valence-electron chi connectivity index (χ4n) is 4.19. The highest BCUT2D eigenvalue weighted by Gasteiger charge is 2.31. The molecule has 0 fully saturated rings. The SMILES string of the molecule is C[C@@H](C(=O)O)N(C)C(=O)C(CCCCC#N)NC(=O)OCC1c2ccccc2-c2ccccc21. The zero-order chi connectivity index (χ0) is 24.7. The van der Waals surface area contributed by atoms with E-state index in [9.17, 15) is 19.5 Å². The minimum absolute atomic E-state index is 0.108. The minimum atomic E-state index is -1.14. The van der Waals surface area contributed by atoms with Crippen LogP contribution in [0.5, 0.6) is 0 Å². The molecule has 2 N–H and O–H groups in total. The van der Waals surface area contributed by atoms with Crippen molar-refractivity contribution >= 4 is 18.0 Å². The van der Waals surface area contributed by atoms with Gasteiger partial charge >= 0.3 is 12.1 Å². The molecule has 0 heterocycles. The molecule has 2 atom stereocenters. The van der Waals surface area contributed by atoms with Gasteiger partial charge in [-0.05, 0) is 48.4 Å². The van der Waals surface area contributed by atoms with Gasteiger partial charge in [0.1, 0.15) is 18.7 Å². The van der Waals surface area contributed by atoms with Gasteiger partial charge in [-0.2, -0.15) is 5.26 Å². The van der Waals surface area contributed by atoms with Crippen LogP contribution in [0.4, 0.5) is 4.79 Å². The van der Waals surface area contributed by atoms with E-state index < -0.39 is 30.1 Å². The summed E-state index contributed by atoms with van der Waals surface area (Å²) < 4.78 is 5.55. The lowest BCUT2D eigenvalue weighted by Gasteiger charge is -2.27. The van der Waals surface area contributed by atoms with Gasteiger partial charge in [-0.1, -0.05) is 48.5 Å². The Hall–Kier alpha value is -3.86. The second-order valence-corrected chi connectivity index (χ2v) is 8.39. The maximum absolute atomic E-state index is 12.9. The Labute approximate surface area is 199 Å². The van der Waals surface area contributed by atoms with Crippen LogP contribution in [0.15, 0.2) is 48.5 Å². The Balaban J connectivity index is 1.68. The van der Waals surface area contributed by atoms with Crippen molar-refractivity contribution < 1.29 is 24.2 Å². The fourth-order valence-corrected chi connectivity index (χ4v) is 4.19. The second-order valence-electron chi connectivity index (χ2n) is 8.39. The predicted molar refractivity (Wildman–Crippen MR) is 126 cm³/mol. The number of alkyl carbamates (subject to hydrolysis) is 1. The molecule has 0 saturated carbocycles. The van der Waals surface area contributed by atoms with Crippen molar-refractivity contribution in [3.63, 3.8) is 0 Å². The maximum Gasteiger partial charge on any atom is 0.407 e. The first-order valence-electron chi connectivity index (χ1n) is 11.3. The van der Waals surface area contributed by atoms with E-state index in [-0.39, 0.29) is 18.9 Å². The molecule has 0 radical (unpaired) electrons. The number of ether oxygens (including phenoxy) is 1. The Morgan fingerprint density at radius 1 is 1.09 bits per heavy atom. The van der Waals surface area contributed by atoms with E-state index in [1.807, 2.05) is 48.5 Å². The number of nitrogens with zero attached hydrogens (tertiary/aromatic N) is 2. The number of carbonyl (C=O) groups is 3. The third-order valence-corrected chi connectivity index (χ3v) is 6.25. The molecule has 1 aliphatic carbocycles. The van der Waals surface area contributed by atoms with E-state index in [1.165, 1.54) is 14.0 Å². The van der Waals surface area contributed by atoms with Crippen molar-refractivity contribution in [3.8, 4) is 17.2 Å². The number of nitrogens with one attached hydrogen (secondary N) is 1. The number of nitriles is 1. The van der Waals surface area contributed by atoms with Crippen LogP contribution in [0, 0.1) is 11.3 Å². The highest BCUT2D eigenvalue weighted by atomic mass is 16.5. The summed E-state index contributed by atoms with van der Waals surface area (Å²) in [6, 6.07) is 16.0. The van der Waals surface area contributed by atoms with Crippen LogP contribution in [0.25, 0.3) is 11.1 Å². The second kappa shape index (κ2) is 11.3. The topological polar surface area (TPSA) is 120 Å². The summed E-state index contributed by atoms with van der Waals surface area (Å²) in [6.45, 7) is 1.51. The van der Waals surface area contributed by atoms with Crippen molar-refractivity contribution in [2.45, 2.75) is 50.6 Å². The Morgan fingerprint density at radius 2 is 1.68 bits per heavy atom. The zero-order valence-electron chi connectivity index (χ0n) is 19.4. The third-order valence-electron chi connectivity index (χ3n) is 6.25. The number of amides is 2. The molecule has 0 aliphatic heterocycles. The van der Waals surface area contributed by atoms with Crippen LogP contribution in [0.2, 0.25) is 0 Å². The third kappa shape index (κ3) is 5.54. The first kappa shape index (κ1) is 24.8. The summed E-state index contributed by atoms with van der Waals surface area (Å²) in [5.74, 6) is -1.77. The quantitative estimate of drug-likeness (QED) is 0.516. The van der Waals surface area contributed by atoms with E-state index in [4.69, 9.17) is 10.00 Å². The van der Waals surface area contributed by atoms with E-state index in [2.05, 4.69) is 11.4 Å². The fraction of sp³-hybridized carbons (Fsp3) is 0.385. The monoisotopic (exact) mass is 463 g/mol. The Kier molecular flexibility index (Phi) is 8.25. The van der Waals surface area contributed by atoms with Crippen LogP contribution in [0.1, 0.15) is 49.7 Å². The number of hydrogen-bond donors (Lipinski definition) is 2. The number of carbonyl (C=O) groups excluding carboxylic acids is 2. The first-order chi connectivity index (χ1) is 16.3. The molecule has 8 heteroatoms. The summed E-state index contributed by atoms with van der Waals surface area (Å²) in [5, 5.41) is 20.6. The number of aliphatic carboxylic acids is 1. The Bertz CT molecular complexity index is 1050. The number of fused-ring (bicyclic) bond motifs is 3. The van der Waals surface area contributed by atoms with Crippen molar-refractivity contribution in [3.05, 3.63) is 59.7 Å². The number of carboxylic acid groups (broad SMARTS) is 1. The first-order valence-corrected chi connectivity index (χ1v) is 11.3. The lowest BCUT2D eigenvalue weighted by atomic mass is 9.98. The lowest BCUT2D eigenvalue weighted by molar-refractivity contribution is -0.149. The molecule has 2 aromatic rings. The van der Waals surface area contributed by atoms with E-state index in [0.717, 1.165) is 27.2 Å². The van der Waals surface area contributed by atoms with Gasteiger partial charge in [-0.25, -0.2) is 9.59 Å². The van der Waals surface area contributed by atoms with E-state index >= 15 is 0 Å². The normalized spacial score (nSPS) is 13.7. The molecule has 0 spiro atoms. The van der Waals surface area contributed by atoms with Crippen molar-refractivity contribution in [1.29, 1.82) is 5.26 Å². The minimum Gasteiger partial charge on any atom is -0.480 e. The van der Waals surface area contributed by atoms with Gasteiger partial charge in [0.05, 0.1) is 6.07 Å². The average molecular weight is 464 g/mol. The molecule has 3 rings (SSSR count). The van der Waals surface area contributed by atoms with Crippen molar-refractivity contribution in [1.82, 2.24) is 10.2 Å². The standard InChI is InChI=1S/C26H29N3O5/c1-17(25(31)32)29(2)24(30)23(14-4-3-9-15-27)28-26(33)34-16-22-20-12-7-5-10-18(20)19-11-6-8-13-21(19)22/h5-8,10-13,17,22-23H,3-4,9,14,16H2,1-2H3,(H,28,33)(H,31,32)/t17-,23?/m0/s1. The molecule has 2 aromatic carbocycles. The van der Waals surface area contributed by atoms with Gasteiger partial charge in [0.15, 0.2) is 0 Å². The molecular formula is C26H29N3O5. The maximum atomic E-state index is 12.9. The summed E-state index contributed by atoms with van der Waals surface area (Å²) in [6.07, 6.45) is 0.986. The molecular weight excluding hydrogens is 434 g/mol. The van der Waals surface area contributed by atoms with Gasteiger partial charge in [-0.3, -0.25) is 4.79 Å². The zero-order valence-corrected chi connectivity index (χ0v) is 19.4. The van der Waals surface area contributed by atoms with Gasteiger partial charge < -0.3 is 20.1 Å². The largest absolute Gasteiger partial charge is 0.480 e. The Morgan fingerprint density at radius 3 is 2.24 bits per heavy atom. The molecule has 178 valence electrons. The molecule has 2 amide bonds. The van der Waals surface area contributed by atoms with Crippen molar-refractivity contribution in [2.75, 3.05) is 13.7 Å². The van der Waals surface area contributed by atoms with Crippen LogP contribution < -0.4 is 5.32 Å². The van der Waals surface area contributed by atoms with E-state index in [0.29, 0.717) is 19.3 Å². The summed E-state index contributed by atoms with van der Waals surface area (Å²) in [7, 11) is 1.39. The van der Waals surface area contributed by atoms with Crippen LogP contribution in [0.3, 0.4) is 0 Å². The number of carboxylic acids is 1. The van der Waals surface area contributed by atoms with E-state index in [1.54, 1.807) is 0 Å². The molecule has 1 unspecified atom stereocenters. The van der Waals surface area contributed by atoms with Gasteiger partial charge in [0, 0.05) is 19.4 Å². The van der Waals surface area contributed by atoms with Crippen LogP contribution in [-0.4, -0.2) is 53.7 Å². The number of likely N-dealkylation sites (N-methyl/N-ethyl adjacent to an activating group) is 1. The summed E-state index contributed by atoms with van der Waals surface area (Å²) in [5.41, 5.74) is 4.38. The smallest absolute Gasteiger partial charge is 0.407 e. The van der Waals surface area contributed by atoms with Gasteiger partial charge in [0.2, 0.25) is 5.91 Å². The highest BCUT2D eigenvalue weighted by Crippen LogP contribution is 2.44. The molecule has 0 bridgehead atoms.